The van der Waals surface area contributed by atoms with Gasteiger partial charge in [0.05, 0.1) is 42.9 Å². The van der Waals surface area contributed by atoms with Gasteiger partial charge in [0.25, 0.3) is 11.8 Å². The van der Waals surface area contributed by atoms with E-state index < -0.39 is 17.6 Å². The first-order valence-corrected chi connectivity index (χ1v) is 14.3. The quantitative estimate of drug-likeness (QED) is 0.308. The van der Waals surface area contributed by atoms with Gasteiger partial charge in [-0.05, 0) is 48.5 Å². The molecule has 0 atom stereocenters. The molecule has 6 heterocycles. The average Bonchev–Trinajstić information content (AvgIpc) is 3.02. The van der Waals surface area contributed by atoms with E-state index in [1.807, 2.05) is 6.07 Å². The van der Waals surface area contributed by atoms with Crippen molar-refractivity contribution in [1.82, 2.24) is 25.3 Å². The van der Waals surface area contributed by atoms with Crippen LogP contribution >= 0.6 is 0 Å². The minimum Gasteiger partial charge on any atom is -0.455 e. The van der Waals surface area contributed by atoms with Crippen molar-refractivity contribution in [2.45, 2.75) is 6.04 Å². The number of carbonyl (C=O) groups excluding carboxylic acids is 2. The van der Waals surface area contributed by atoms with E-state index in [1.54, 1.807) is 30.6 Å². The Bertz CT molecular complexity index is 1720. The maximum atomic E-state index is 13.3. The highest BCUT2D eigenvalue weighted by molar-refractivity contribution is 6.27. The molecule has 3 aliphatic rings. The normalized spacial score (nSPS) is 17.8. The van der Waals surface area contributed by atoms with Crippen LogP contribution in [0.2, 0.25) is 0 Å². The Labute approximate surface area is 252 Å². The van der Waals surface area contributed by atoms with Crippen LogP contribution < -0.4 is 25.4 Å². The van der Waals surface area contributed by atoms with Crippen LogP contribution in [0.1, 0.15) is 0 Å². The lowest BCUT2D eigenvalue weighted by Crippen LogP contribution is -2.56. The molecule has 4 aromatic rings. The molecule has 0 saturated carbocycles. The number of hydrogen-bond donors (Lipinski definition) is 2. The number of amides is 2. The van der Waals surface area contributed by atoms with Gasteiger partial charge in [-0.25, -0.2) is 24.8 Å². The van der Waals surface area contributed by atoms with E-state index in [9.17, 15) is 14.0 Å². The Morgan fingerprint density at radius 2 is 1.82 bits per heavy atom. The van der Waals surface area contributed by atoms with Gasteiger partial charge in [-0.1, -0.05) is 6.08 Å². The lowest BCUT2D eigenvalue weighted by molar-refractivity contribution is -0.120. The van der Waals surface area contributed by atoms with Gasteiger partial charge >= 0.3 is 0 Å². The predicted molar refractivity (Wildman–Crippen MR) is 161 cm³/mol. The molecule has 2 saturated heterocycles. The molecule has 0 spiro atoms. The van der Waals surface area contributed by atoms with E-state index in [0.29, 0.717) is 28.7 Å². The molecule has 224 valence electrons. The van der Waals surface area contributed by atoms with Crippen molar-refractivity contribution in [2.24, 2.45) is 0 Å². The van der Waals surface area contributed by atoms with Crippen LogP contribution in [0.3, 0.4) is 0 Å². The van der Waals surface area contributed by atoms with Crippen LogP contribution in [-0.4, -0.2) is 83.6 Å². The van der Waals surface area contributed by atoms with Crippen LogP contribution in [0.25, 0.3) is 10.9 Å². The molecule has 0 unspecified atom stereocenters. The molecule has 13 heteroatoms. The number of rotatable bonds is 7. The monoisotopic (exact) mass is 596 g/mol. The van der Waals surface area contributed by atoms with Crippen LogP contribution in [-0.2, 0) is 14.3 Å². The largest absolute Gasteiger partial charge is 0.455 e. The fourth-order valence-electron chi connectivity index (χ4n) is 5.36. The molecule has 0 radical (unpaired) electrons. The number of ether oxygens (including phenoxy) is 2. The lowest BCUT2D eigenvalue weighted by Gasteiger charge is -2.42. The van der Waals surface area contributed by atoms with Gasteiger partial charge in [-0.15, -0.1) is 0 Å². The van der Waals surface area contributed by atoms with Crippen LogP contribution in [0.4, 0.5) is 21.7 Å². The Balaban J connectivity index is 1.01. The SMILES string of the molecule is O=C(Nc1ccc(Oc2ccnc3cnc(N4CCN(C5COC5)CC4)cc23)cn1)C1=CCNN(c2ccc(F)cc2)C1=O. The summed E-state index contributed by atoms with van der Waals surface area (Å²) in [5.41, 5.74) is 3.96. The zero-order valence-corrected chi connectivity index (χ0v) is 23.6. The van der Waals surface area contributed by atoms with Crippen molar-refractivity contribution in [3.63, 3.8) is 0 Å². The number of piperazine rings is 1. The summed E-state index contributed by atoms with van der Waals surface area (Å²) in [4.78, 5) is 44.1. The summed E-state index contributed by atoms with van der Waals surface area (Å²) >= 11 is 0. The Kier molecular flexibility index (Phi) is 7.56. The van der Waals surface area contributed by atoms with Gasteiger partial charge in [0, 0.05) is 44.3 Å². The topological polar surface area (TPSA) is 125 Å². The second-order valence-electron chi connectivity index (χ2n) is 10.6. The van der Waals surface area contributed by atoms with Crippen molar-refractivity contribution in [2.75, 3.05) is 61.2 Å². The smallest absolute Gasteiger partial charge is 0.277 e. The maximum absolute atomic E-state index is 13.3. The van der Waals surface area contributed by atoms with E-state index in [2.05, 4.69) is 35.5 Å². The molecular formula is C31H29FN8O4. The number of halogens is 1. The maximum Gasteiger partial charge on any atom is 0.277 e. The molecular weight excluding hydrogens is 567 g/mol. The van der Waals surface area contributed by atoms with Gasteiger partial charge in [0.15, 0.2) is 0 Å². The summed E-state index contributed by atoms with van der Waals surface area (Å²) in [5.74, 6) is 0.602. The summed E-state index contributed by atoms with van der Waals surface area (Å²) in [7, 11) is 0. The van der Waals surface area contributed by atoms with E-state index in [1.165, 1.54) is 41.5 Å². The van der Waals surface area contributed by atoms with Crippen LogP contribution in [0.15, 0.2) is 78.8 Å². The minimum atomic E-state index is -0.605. The molecule has 3 aliphatic heterocycles. The third-order valence-electron chi connectivity index (χ3n) is 7.87. The fraction of sp³-hybridized carbons (Fsp3) is 0.258. The number of nitrogens with zero attached hydrogens (tertiary/aromatic N) is 6. The average molecular weight is 597 g/mol. The molecule has 2 amide bonds. The summed E-state index contributed by atoms with van der Waals surface area (Å²) in [6.45, 7) is 5.57. The van der Waals surface area contributed by atoms with Gasteiger partial charge < -0.3 is 19.7 Å². The number of anilines is 3. The first kappa shape index (κ1) is 27.8. The minimum absolute atomic E-state index is 0.0543. The van der Waals surface area contributed by atoms with Gasteiger partial charge in [0.2, 0.25) is 0 Å². The summed E-state index contributed by atoms with van der Waals surface area (Å²) in [6.07, 6.45) is 6.42. The summed E-state index contributed by atoms with van der Waals surface area (Å²) in [5, 5.41) is 4.70. The third kappa shape index (κ3) is 5.67. The molecule has 0 aliphatic carbocycles. The number of hydrazine groups is 1. The Morgan fingerprint density at radius 1 is 1.00 bits per heavy atom. The molecule has 2 fully saturated rings. The molecule has 0 bridgehead atoms. The predicted octanol–water partition coefficient (Wildman–Crippen LogP) is 2.89. The number of carbonyl (C=O) groups is 2. The first-order valence-electron chi connectivity index (χ1n) is 14.3. The number of pyridine rings is 3. The van der Waals surface area contributed by atoms with Crippen LogP contribution in [0, 0.1) is 5.82 Å². The number of nitrogens with one attached hydrogen (secondary N) is 2. The number of benzene rings is 1. The third-order valence-corrected chi connectivity index (χ3v) is 7.87. The van der Waals surface area contributed by atoms with Gasteiger partial charge in [-0.3, -0.25) is 19.5 Å². The highest BCUT2D eigenvalue weighted by Gasteiger charge is 2.30. The van der Waals surface area contributed by atoms with E-state index in [-0.39, 0.29) is 17.9 Å². The highest BCUT2D eigenvalue weighted by atomic mass is 19.1. The molecule has 12 nitrogen and oxygen atoms in total. The zero-order valence-electron chi connectivity index (χ0n) is 23.6. The van der Waals surface area contributed by atoms with Gasteiger partial charge in [0.1, 0.15) is 34.5 Å². The van der Waals surface area contributed by atoms with Crippen molar-refractivity contribution in [3.8, 4) is 11.5 Å². The summed E-state index contributed by atoms with van der Waals surface area (Å²) in [6, 6.07) is 13.0. The zero-order chi connectivity index (χ0) is 30.0. The molecule has 3 aromatic heterocycles. The lowest BCUT2D eigenvalue weighted by atomic mass is 10.1. The van der Waals surface area contributed by atoms with E-state index in [0.717, 1.165) is 50.6 Å². The second-order valence-corrected chi connectivity index (χ2v) is 10.6. The molecule has 1 aromatic carbocycles. The fourth-order valence-corrected chi connectivity index (χ4v) is 5.36. The van der Waals surface area contributed by atoms with Crippen molar-refractivity contribution in [3.05, 3.63) is 84.6 Å². The molecule has 44 heavy (non-hydrogen) atoms. The van der Waals surface area contributed by atoms with Gasteiger partial charge in [-0.2, -0.15) is 0 Å². The van der Waals surface area contributed by atoms with Crippen molar-refractivity contribution >= 4 is 40.0 Å². The second kappa shape index (κ2) is 12.0. The van der Waals surface area contributed by atoms with E-state index >= 15 is 0 Å². The number of aromatic nitrogens is 3. The standard InChI is InChI=1S/C31H29FN8O4/c32-20-1-3-21(4-2-20)40-31(42)24(7-10-36-40)30(41)37-28-6-5-23(16-34-28)44-27-8-9-33-26-17-35-29(15-25(26)27)39-13-11-38(12-14-39)22-18-43-19-22/h1-9,15-17,22,36H,10-14,18-19H2,(H,34,37,41). The summed E-state index contributed by atoms with van der Waals surface area (Å²) < 4.78 is 24.8. The van der Waals surface area contributed by atoms with Crippen molar-refractivity contribution in [1.29, 1.82) is 0 Å². The number of fused-ring (bicyclic) bond motifs is 1. The Hall–Kier alpha value is -4.98. The van der Waals surface area contributed by atoms with Crippen LogP contribution in [0.5, 0.6) is 11.5 Å². The van der Waals surface area contributed by atoms with Crippen molar-refractivity contribution < 1.29 is 23.5 Å². The number of hydrogen-bond acceptors (Lipinski definition) is 10. The molecule has 2 N–H and O–H groups in total. The molecule has 7 rings (SSSR count). The van der Waals surface area contributed by atoms with E-state index in [4.69, 9.17) is 9.47 Å². The Morgan fingerprint density at radius 3 is 2.55 bits per heavy atom. The highest BCUT2D eigenvalue weighted by Crippen LogP contribution is 2.31. The first-order chi connectivity index (χ1) is 21.5.